The van der Waals surface area contributed by atoms with E-state index in [-0.39, 0.29) is 5.92 Å². The Morgan fingerprint density at radius 1 is 1.00 bits per heavy atom. The molecule has 1 aromatic carbocycles. The number of H-pyrrole nitrogens is 1. The molecule has 110 valence electrons. The number of para-hydroxylation sites is 1. The Labute approximate surface area is 128 Å². The van der Waals surface area contributed by atoms with Crippen molar-refractivity contribution < 1.29 is 9.47 Å². The van der Waals surface area contributed by atoms with Crippen LogP contribution in [0.5, 0.6) is 11.5 Å². The number of benzene rings is 1. The van der Waals surface area contributed by atoms with Gasteiger partial charge in [-0.1, -0.05) is 18.2 Å². The molecule has 0 aliphatic carbocycles. The minimum atomic E-state index is -0.0205. The van der Waals surface area contributed by atoms with Crippen molar-refractivity contribution in [2.24, 2.45) is 0 Å². The van der Waals surface area contributed by atoms with Crippen molar-refractivity contribution in [1.29, 1.82) is 0 Å². The number of aromatic nitrogens is 3. The molecule has 1 unspecified atom stereocenters. The fourth-order valence-electron chi connectivity index (χ4n) is 2.82. The van der Waals surface area contributed by atoms with Crippen molar-refractivity contribution in [1.82, 2.24) is 15.0 Å². The molecule has 0 amide bonds. The van der Waals surface area contributed by atoms with E-state index in [1.807, 2.05) is 30.6 Å². The first-order valence-corrected chi connectivity index (χ1v) is 7.20. The summed E-state index contributed by atoms with van der Waals surface area (Å²) in [5.41, 5.74) is 3.12. The topological polar surface area (TPSA) is 60.0 Å². The lowest BCUT2D eigenvalue weighted by Crippen LogP contribution is -2.18. The van der Waals surface area contributed by atoms with Crippen LogP contribution >= 0.6 is 0 Å². The van der Waals surface area contributed by atoms with Gasteiger partial charge in [-0.2, -0.15) is 0 Å². The summed E-state index contributed by atoms with van der Waals surface area (Å²) < 4.78 is 11.6. The molecular formula is C17H15N3O2. The van der Waals surface area contributed by atoms with Gasteiger partial charge in [0, 0.05) is 29.8 Å². The highest BCUT2D eigenvalue weighted by Crippen LogP contribution is 2.42. The van der Waals surface area contributed by atoms with Crippen LogP contribution in [0, 0.1) is 0 Å². The second kappa shape index (κ2) is 5.52. The van der Waals surface area contributed by atoms with E-state index in [4.69, 9.17) is 9.47 Å². The Hall–Kier alpha value is -2.82. The van der Waals surface area contributed by atoms with Crippen LogP contribution in [0.25, 0.3) is 0 Å². The number of imidazole rings is 1. The van der Waals surface area contributed by atoms with Gasteiger partial charge in [0.2, 0.25) is 0 Å². The second-order valence-electron chi connectivity index (χ2n) is 5.10. The lowest BCUT2D eigenvalue weighted by atomic mass is 9.89. The van der Waals surface area contributed by atoms with Gasteiger partial charge >= 0.3 is 0 Å². The van der Waals surface area contributed by atoms with Crippen LogP contribution in [-0.4, -0.2) is 28.2 Å². The van der Waals surface area contributed by atoms with E-state index in [2.05, 4.69) is 27.1 Å². The Morgan fingerprint density at radius 3 is 2.77 bits per heavy atom. The molecule has 5 nitrogen and oxygen atoms in total. The van der Waals surface area contributed by atoms with Crippen molar-refractivity contribution in [3.05, 3.63) is 72.1 Å². The predicted molar refractivity (Wildman–Crippen MR) is 81.2 cm³/mol. The lowest BCUT2D eigenvalue weighted by molar-refractivity contribution is 0.169. The molecule has 1 atom stereocenters. The third-order valence-corrected chi connectivity index (χ3v) is 3.76. The van der Waals surface area contributed by atoms with Crippen LogP contribution in [-0.2, 0) is 0 Å². The number of nitrogens with zero attached hydrogens (tertiary/aromatic N) is 2. The molecule has 0 saturated heterocycles. The first kappa shape index (κ1) is 12.9. The Bertz CT molecular complexity index is 757. The van der Waals surface area contributed by atoms with Gasteiger partial charge in [-0.25, -0.2) is 4.98 Å². The summed E-state index contributed by atoms with van der Waals surface area (Å²) in [6.45, 7) is 1.14. The van der Waals surface area contributed by atoms with E-state index >= 15 is 0 Å². The molecular weight excluding hydrogens is 278 g/mol. The van der Waals surface area contributed by atoms with Gasteiger partial charge in [0.15, 0.2) is 11.5 Å². The number of hydrogen-bond acceptors (Lipinski definition) is 4. The molecule has 0 radical (unpaired) electrons. The van der Waals surface area contributed by atoms with Crippen LogP contribution in [0.2, 0.25) is 0 Å². The summed E-state index contributed by atoms with van der Waals surface area (Å²) >= 11 is 0. The van der Waals surface area contributed by atoms with Crippen LogP contribution in [0.3, 0.4) is 0 Å². The molecule has 3 aromatic rings. The van der Waals surface area contributed by atoms with Gasteiger partial charge in [0.05, 0.1) is 12.2 Å². The fourth-order valence-corrected chi connectivity index (χ4v) is 2.82. The van der Waals surface area contributed by atoms with Gasteiger partial charge < -0.3 is 14.5 Å². The predicted octanol–water partition coefficient (Wildman–Crippen LogP) is 2.76. The van der Waals surface area contributed by atoms with Gasteiger partial charge in [-0.15, -0.1) is 0 Å². The molecule has 4 rings (SSSR count). The molecule has 22 heavy (non-hydrogen) atoms. The average molecular weight is 293 g/mol. The van der Waals surface area contributed by atoms with Crippen molar-refractivity contribution in [3.8, 4) is 11.5 Å². The first-order valence-electron chi connectivity index (χ1n) is 7.20. The molecule has 5 heteroatoms. The molecule has 3 heterocycles. The highest BCUT2D eigenvalue weighted by atomic mass is 16.6. The number of hydrogen-bond donors (Lipinski definition) is 1. The smallest absolute Gasteiger partial charge is 0.165 e. The Kier molecular flexibility index (Phi) is 3.23. The standard InChI is InChI=1S/C17H15N3O2/c1-4-13(17-15(5-1)21-7-8-22-17)16(14-10-19-11-20-14)12-3-2-6-18-9-12/h1-6,9-11,16H,7-8H2,(H,19,20). The van der Waals surface area contributed by atoms with Crippen molar-refractivity contribution >= 4 is 0 Å². The zero-order chi connectivity index (χ0) is 14.8. The van der Waals surface area contributed by atoms with Crippen molar-refractivity contribution in [2.45, 2.75) is 5.92 Å². The third-order valence-electron chi connectivity index (χ3n) is 3.76. The number of aromatic amines is 1. The van der Waals surface area contributed by atoms with Gasteiger partial charge in [0.25, 0.3) is 0 Å². The van der Waals surface area contributed by atoms with E-state index in [0.717, 1.165) is 28.3 Å². The molecule has 0 fully saturated rings. The minimum absolute atomic E-state index is 0.0205. The van der Waals surface area contributed by atoms with Crippen molar-refractivity contribution in [2.75, 3.05) is 13.2 Å². The second-order valence-corrected chi connectivity index (χ2v) is 5.10. The van der Waals surface area contributed by atoms with E-state index < -0.39 is 0 Å². The Morgan fingerprint density at radius 2 is 1.95 bits per heavy atom. The average Bonchev–Trinajstić information content (AvgIpc) is 3.11. The molecule has 1 N–H and O–H groups in total. The van der Waals surface area contributed by atoms with Gasteiger partial charge in [-0.05, 0) is 17.7 Å². The maximum absolute atomic E-state index is 5.88. The summed E-state index contributed by atoms with van der Waals surface area (Å²) in [6.07, 6.45) is 7.16. The van der Waals surface area contributed by atoms with Gasteiger partial charge in [-0.3, -0.25) is 4.98 Å². The molecule has 0 spiro atoms. The van der Waals surface area contributed by atoms with Gasteiger partial charge in [0.1, 0.15) is 13.2 Å². The molecule has 2 aromatic heterocycles. The summed E-state index contributed by atoms with van der Waals surface area (Å²) in [4.78, 5) is 11.6. The Balaban J connectivity index is 1.89. The lowest BCUT2D eigenvalue weighted by Gasteiger charge is -2.25. The number of fused-ring (bicyclic) bond motifs is 1. The summed E-state index contributed by atoms with van der Waals surface area (Å²) in [6, 6.07) is 9.98. The fraction of sp³-hybridized carbons (Fsp3) is 0.176. The summed E-state index contributed by atoms with van der Waals surface area (Å²) in [5.74, 6) is 1.57. The molecule has 1 aliphatic rings. The van der Waals surface area contributed by atoms with E-state index in [1.165, 1.54) is 0 Å². The van der Waals surface area contributed by atoms with E-state index in [0.29, 0.717) is 13.2 Å². The first-order chi connectivity index (χ1) is 10.9. The van der Waals surface area contributed by atoms with Crippen LogP contribution < -0.4 is 9.47 Å². The number of nitrogens with one attached hydrogen (secondary N) is 1. The number of rotatable bonds is 3. The number of pyridine rings is 1. The number of ether oxygens (including phenoxy) is 2. The van der Waals surface area contributed by atoms with Crippen molar-refractivity contribution in [3.63, 3.8) is 0 Å². The summed E-state index contributed by atoms with van der Waals surface area (Å²) in [7, 11) is 0. The molecule has 0 bridgehead atoms. The largest absolute Gasteiger partial charge is 0.486 e. The van der Waals surface area contributed by atoms with E-state index in [1.54, 1.807) is 12.5 Å². The zero-order valence-electron chi connectivity index (χ0n) is 11.9. The van der Waals surface area contributed by atoms with Crippen LogP contribution in [0.1, 0.15) is 22.7 Å². The quantitative estimate of drug-likeness (QED) is 0.806. The zero-order valence-corrected chi connectivity index (χ0v) is 11.9. The highest BCUT2D eigenvalue weighted by molar-refractivity contribution is 5.54. The molecule has 0 saturated carbocycles. The normalized spacial score (nSPS) is 14.5. The van der Waals surface area contributed by atoms with Crippen LogP contribution in [0.15, 0.2) is 55.2 Å². The highest BCUT2D eigenvalue weighted by Gasteiger charge is 2.25. The maximum atomic E-state index is 5.88. The minimum Gasteiger partial charge on any atom is -0.486 e. The monoisotopic (exact) mass is 293 g/mol. The van der Waals surface area contributed by atoms with E-state index in [9.17, 15) is 0 Å². The summed E-state index contributed by atoms with van der Waals surface area (Å²) in [5, 5.41) is 0. The molecule has 1 aliphatic heterocycles. The third kappa shape index (κ3) is 2.20. The SMILES string of the molecule is c1cncc(C(c2cnc[nH]2)c2cccc3c2OCCO3)c1. The van der Waals surface area contributed by atoms with Crippen LogP contribution in [0.4, 0.5) is 0 Å². The maximum Gasteiger partial charge on any atom is 0.165 e.